The highest BCUT2D eigenvalue weighted by Gasteiger charge is 2.10. The van der Waals surface area contributed by atoms with Gasteiger partial charge in [-0.15, -0.1) is 0 Å². The number of nitrogens with one attached hydrogen (secondary N) is 1. The van der Waals surface area contributed by atoms with Gasteiger partial charge in [0, 0.05) is 32.0 Å². The summed E-state index contributed by atoms with van der Waals surface area (Å²) in [5.74, 6) is 1.37. The molecule has 5 nitrogen and oxygen atoms in total. The molecule has 18 heavy (non-hydrogen) atoms. The number of nitrogens with zero attached hydrogens (tertiary/aromatic N) is 1. The number of pyridine rings is 1. The molecule has 1 N–H and O–H groups in total. The second-order valence-corrected chi connectivity index (χ2v) is 3.89. The van der Waals surface area contributed by atoms with Crippen molar-refractivity contribution in [1.82, 2.24) is 10.3 Å². The molecular weight excluding hydrogens is 232 g/mol. The summed E-state index contributed by atoms with van der Waals surface area (Å²) in [4.78, 5) is 4.29. The molecule has 1 atom stereocenters. The third-order valence-electron chi connectivity index (χ3n) is 2.54. The zero-order valence-corrected chi connectivity index (χ0v) is 11.5. The molecule has 0 saturated carbocycles. The summed E-state index contributed by atoms with van der Waals surface area (Å²) < 4.78 is 16.0. The number of ether oxygens (including phenoxy) is 3. The number of methoxy groups -OCH3 is 2. The van der Waals surface area contributed by atoms with E-state index in [1.165, 1.54) is 0 Å². The van der Waals surface area contributed by atoms with E-state index >= 15 is 0 Å². The lowest BCUT2D eigenvalue weighted by atomic mass is 10.3. The second kappa shape index (κ2) is 7.89. The van der Waals surface area contributed by atoms with Crippen molar-refractivity contribution in [3.05, 3.63) is 18.0 Å². The summed E-state index contributed by atoms with van der Waals surface area (Å²) >= 11 is 0. The largest absolute Gasteiger partial charge is 0.493 e. The van der Waals surface area contributed by atoms with Crippen molar-refractivity contribution in [3.63, 3.8) is 0 Å². The van der Waals surface area contributed by atoms with Crippen LogP contribution in [-0.4, -0.2) is 38.5 Å². The van der Waals surface area contributed by atoms with Crippen LogP contribution in [-0.2, 0) is 11.3 Å². The molecule has 0 aromatic carbocycles. The van der Waals surface area contributed by atoms with Crippen molar-refractivity contribution in [2.75, 3.05) is 27.4 Å². The summed E-state index contributed by atoms with van der Waals surface area (Å²) in [6.45, 7) is 6.15. The van der Waals surface area contributed by atoms with Crippen LogP contribution >= 0.6 is 0 Å². The average Bonchev–Trinajstić information content (AvgIpc) is 2.38. The Labute approximate surface area is 108 Å². The van der Waals surface area contributed by atoms with Gasteiger partial charge in [-0.1, -0.05) is 0 Å². The molecule has 1 aromatic rings. The van der Waals surface area contributed by atoms with Crippen molar-refractivity contribution in [3.8, 4) is 11.5 Å². The van der Waals surface area contributed by atoms with E-state index < -0.39 is 0 Å². The highest BCUT2D eigenvalue weighted by Crippen LogP contribution is 2.28. The molecule has 1 heterocycles. The van der Waals surface area contributed by atoms with E-state index in [-0.39, 0.29) is 6.10 Å². The quantitative estimate of drug-likeness (QED) is 0.764. The van der Waals surface area contributed by atoms with Gasteiger partial charge in [0.1, 0.15) is 0 Å². The molecule has 1 rings (SSSR count). The Hall–Kier alpha value is -1.33. The zero-order valence-electron chi connectivity index (χ0n) is 11.5. The van der Waals surface area contributed by atoms with Gasteiger partial charge in [-0.3, -0.25) is 4.98 Å². The van der Waals surface area contributed by atoms with Gasteiger partial charge in [0.2, 0.25) is 0 Å². The van der Waals surface area contributed by atoms with Crippen molar-refractivity contribution in [1.29, 1.82) is 0 Å². The summed E-state index contributed by atoms with van der Waals surface area (Å²) in [6.07, 6.45) is 1.90. The molecule has 0 aliphatic rings. The fraction of sp³-hybridized carbons (Fsp3) is 0.615. The number of hydrogen-bond acceptors (Lipinski definition) is 5. The summed E-state index contributed by atoms with van der Waals surface area (Å²) in [5, 5.41) is 3.29. The summed E-state index contributed by atoms with van der Waals surface area (Å²) in [6, 6.07) is 1.78. The normalized spacial score (nSPS) is 12.2. The minimum absolute atomic E-state index is 0.187. The first kappa shape index (κ1) is 14.7. The van der Waals surface area contributed by atoms with Gasteiger partial charge in [-0.2, -0.15) is 0 Å². The molecular formula is C13H22N2O3. The van der Waals surface area contributed by atoms with Crippen molar-refractivity contribution in [2.45, 2.75) is 26.5 Å². The van der Waals surface area contributed by atoms with Gasteiger partial charge < -0.3 is 19.5 Å². The molecule has 0 aliphatic carbocycles. The zero-order chi connectivity index (χ0) is 13.4. The van der Waals surface area contributed by atoms with Crippen LogP contribution in [0.5, 0.6) is 11.5 Å². The Bertz CT molecular complexity index is 358. The van der Waals surface area contributed by atoms with Crippen LogP contribution < -0.4 is 14.8 Å². The standard InChI is InChI=1S/C13H22N2O3/c1-5-18-10(2)8-14-9-11-13(17-4)12(16-3)6-7-15-11/h6-7,10,14H,5,8-9H2,1-4H3. The first-order chi connectivity index (χ1) is 8.72. The predicted molar refractivity (Wildman–Crippen MR) is 70.1 cm³/mol. The fourth-order valence-electron chi connectivity index (χ4n) is 1.71. The number of aromatic nitrogens is 1. The molecule has 0 bridgehead atoms. The molecule has 5 heteroatoms. The monoisotopic (exact) mass is 254 g/mol. The maximum absolute atomic E-state index is 5.44. The van der Waals surface area contributed by atoms with Crippen LogP contribution in [0.2, 0.25) is 0 Å². The van der Waals surface area contributed by atoms with Gasteiger partial charge in [-0.25, -0.2) is 0 Å². The first-order valence-electron chi connectivity index (χ1n) is 6.11. The van der Waals surface area contributed by atoms with Crippen molar-refractivity contribution < 1.29 is 14.2 Å². The molecule has 102 valence electrons. The smallest absolute Gasteiger partial charge is 0.183 e. The first-order valence-corrected chi connectivity index (χ1v) is 6.11. The van der Waals surface area contributed by atoms with E-state index in [0.717, 1.165) is 18.8 Å². The fourth-order valence-corrected chi connectivity index (χ4v) is 1.71. The van der Waals surface area contributed by atoms with E-state index in [0.29, 0.717) is 18.0 Å². The van der Waals surface area contributed by atoms with Gasteiger partial charge in [-0.05, 0) is 13.8 Å². The number of hydrogen-bond donors (Lipinski definition) is 1. The van der Waals surface area contributed by atoms with Gasteiger partial charge in [0.05, 0.1) is 26.0 Å². The summed E-state index contributed by atoms with van der Waals surface area (Å²) in [5.41, 5.74) is 0.834. The van der Waals surface area contributed by atoms with Gasteiger partial charge in [0.15, 0.2) is 11.5 Å². The lowest BCUT2D eigenvalue weighted by Crippen LogP contribution is -2.27. The maximum Gasteiger partial charge on any atom is 0.183 e. The van der Waals surface area contributed by atoms with E-state index in [1.54, 1.807) is 26.5 Å². The number of rotatable bonds is 8. The van der Waals surface area contributed by atoms with Crippen LogP contribution in [0.3, 0.4) is 0 Å². The molecule has 0 spiro atoms. The van der Waals surface area contributed by atoms with Crippen molar-refractivity contribution >= 4 is 0 Å². The Morgan fingerprint density at radius 2 is 2.11 bits per heavy atom. The Morgan fingerprint density at radius 3 is 2.72 bits per heavy atom. The molecule has 0 saturated heterocycles. The van der Waals surface area contributed by atoms with Crippen LogP contribution in [0, 0.1) is 0 Å². The highest BCUT2D eigenvalue weighted by molar-refractivity contribution is 5.42. The Morgan fingerprint density at radius 1 is 1.33 bits per heavy atom. The molecule has 0 aliphatic heterocycles. The Kier molecular flexibility index (Phi) is 6.46. The lowest BCUT2D eigenvalue weighted by Gasteiger charge is -2.14. The van der Waals surface area contributed by atoms with E-state index in [1.807, 2.05) is 13.8 Å². The highest BCUT2D eigenvalue weighted by atomic mass is 16.5. The molecule has 0 radical (unpaired) electrons. The SMILES string of the molecule is CCOC(C)CNCc1nccc(OC)c1OC. The third kappa shape index (κ3) is 4.16. The average molecular weight is 254 g/mol. The van der Waals surface area contributed by atoms with Crippen LogP contribution in [0.1, 0.15) is 19.5 Å². The van der Waals surface area contributed by atoms with Crippen LogP contribution in [0.25, 0.3) is 0 Å². The van der Waals surface area contributed by atoms with Gasteiger partial charge in [0.25, 0.3) is 0 Å². The second-order valence-electron chi connectivity index (χ2n) is 3.89. The minimum atomic E-state index is 0.187. The molecule has 1 aromatic heterocycles. The van der Waals surface area contributed by atoms with Crippen molar-refractivity contribution in [2.24, 2.45) is 0 Å². The maximum atomic E-state index is 5.44. The molecule has 1 unspecified atom stereocenters. The van der Waals surface area contributed by atoms with Crippen LogP contribution in [0.4, 0.5) is 0 Å². The Balaban J connectivity index is 2.56. The van der Waals surface area contributed by atoms with E-state index in [9.17, 15) is 0 Å². The minimum Gasteiger partial charge on any atom is -0.493 e. The molecule has 0 amide bonds. The topological polar surface area (TPSA) is 52.6 Å². The third-order valence-corrected chi connectivity index (χ3v) is 2.54. The summed E-state index contributed by atoms with van der Waals surface area (Å²) in [7, 11) is 3.23. The predicted octanol–water partition coefficient (Wildman–Crippen LogP) is 1.61. The molecule has 0 fully saturated rings. The lowest BCUT2D eigenvalue weighted by molar-refractivity contribution is 0.0758. The van der Waals surface area contributed by atoms with E-state index in [4.69, 9.17) is 14.2 Å². The van der Waals surface area contributed by atoms with Gasteiger partial charge >= 0.3 is 0 Å². The van der Waals surface area contributed by atoms with E-state index in [2.05, 4.69) is 10.3 Å². The van der Waals surface area contributed by atoms with Crippen LogP contribution in [0.15, 0.2) is 12.3 Å².